The van der Waals surface area contributed by atoms with Crippen molar-refractivity contribution in [3.05, 3.63) is 42.5 Å². The lowest BCUT2D eigenvalue weighted by Gasteiger charge is -2.09. The summed E-state index contributed by atoms with van der Waals surface area (Å²) in [5, 5.41) is 16.5. The molecule has 0 radical (unpaired) electrons. The van der Waals surface area contributed by atoms with Gasteiger partial charge >= 0.3 is 5.97 Å². The first-order valence-electron chi connectivity index (χ1n) is 5.24. The Bertz CT molecular complexity index is 313. The van der Waals surface area contributed by atoms with E-state index >= 15 is 0 Å². The Morgan fingerprint density at radius 1 is 1.29 bits per heavy atom. The Labute approximate surface area is 101 Å². The fraction of sp³-hybridized carbons (Fsp3) is 0.308. The highest BCUT2D eigenvalue weighted by molar-refractivity contribution is 5.84. The van der Waals surface area contributed by atoms with Crippen molar-refractivity contribution < 1.29 is 19.7 Å². The first-order chi connectivity index (χ1) is 8.04. The molecule has 1 aromatic carbocycles. The van der Waals surface area contributed by atoms with Crippen LogP contribution in [0.2, 0.25) is 0 Å². The maximum Gasteiger partial charge on any atom is 0.330 e. The summed E-state index contributed by atoms with van der Waals surface area (Å²) < 4.78 is 4.72. The van der Waals surface area contributed by atoms with Gasteiger partial charge < -0.3 is 14.9 Å². The summed E-state index contributed by atoms with van der Waals surface area (Å²) >= 11 is 0. The number of para-hydroxylation sites is 1. The Balaban J connectivity index is 0.000000234. The molecule has 17 heavy (non-hydrogen) atoms. The van der Waals surface area contributed by atoms with E-state index in [1.807, 2.05) is 6.07 Å². The molecule has 0 atom stereocenters. The summed E-state index contributed by atoms with van der Waals surface area (Å²) in [6, 6.07) is 8.71. The molecule has 94 valence electrons. The highest BCUT2D eigenvalue weighted by atomic mass is 16.5. The van der Waals surface area contributed by atoms with E-state index < -0.39 is 5.97 Å². The third-order valence-electron chi connectivity index (χ3n) is 1.70. The van der Waals surface area contributed by atoms with E-state index in [0.29, 0.717) is 5.75 Å². The molecule has 2 rings (SSSR count). The minimum atomic E-state index is -0.935. The van der Waals surface area contributed by atoms with Crippen molar-refractivity contribution in [2.45, 2.75) is 13.3 Å². The lowest BCUT2D eigenvalue weighted by Crippen LogP contribution is -2.09. The number of hydrogen-bond acceptors (Lipinski definition) is 3. The second-order valence-electron chi connectivity index (χ2n) is 3.39. The van der Waals surface area contributed by atoms with Gasteiger partial charge in [0.2, 0.25) is 0 Å². The summed E-state index contributed by atoms with van der Waals surface area (Å²) in [5.74, 6) is -0.613. The van der Waals surface area contributed by atoms with Gasteiger partial charge in [0, 0.05) is 18.8 Å². The lowest BCUT2D eigenvalue weighted by atomic mass is 10.3. The number of hydrogen-bond donors (Lipinski definition) is 2. The van der Waals surface area contributed by atoms with E-state index in [4.69, 9.17) is 14.9 Å². The van der Waals surface area contributed by atoms with Gasteiger partial charge in [0.1, 0.15) is 5.75 Å². The Morgan fingerprint density at radius 3 is 1.76 bits per heavy atom. The van der Waals surface area contributed by atoms with Crippen molar-refractivity contribution in [1.29, 1.82) is 0 Å². The van der Waals surface area contributed by atoms with E-state index in [1.165, 1.54) is 13.3 Å². The number of ether oxygens (including phenoxy) is 1. The topological polar surface area (TPSA) is 66.8 Å². The summed E-state index contributed by atoms with van der Waals surface area (Å²) in [4.78, 5) is 9.60. The zero-order chi connectivity index (χ0) is 13.1. The summed E-state index contributed by atoms with van der Waals surface area (Å²) in [7, 11) is 0. The normalized spacial score (nSPS) is 11.8. The first kappa shape index (κ1) is 15.2. The molecule has 0 aliphatic carbocycles. The number of phenolic OH excluding ortho intramolecular Hbond substituents is 1. The number of carboxylic acids is 1. The second kappa shape index (κ2) is 9.42. The SMILES string of the molecule is C1COC1.C=C(C)C(=O)O.Oc1ccccc1. The minimum absolute atomic E-state index is 0.176. The van der Waals surface area contributed by atoms with Gasteiger partial charge in [-0.15, -0.1) is 0 Å². The fourth-order valence-electron chi connectivity index (χ4n) is 0.572. The molecule has 1 heterocycles. The molecular weight excluding hydrogens is 220 g/mol. The molecule has 0 bridgehead atoms. The van der Waals surface area contributed by atoms with Crippen LogP contribution in [0.25, 0.3) is 0 Å². The number of aromatic hydroxyl groups is 1. The second-order valence-corrected chi connectivity index (χ2v) is 3.39. The zero-order valence-electron chi connectivity index (χ0n) is 9.93. The first-order valence-corrected chi connectivity index (χ1v) is 5.24. The fourth-order valence-corrected chi connectivity index (χ4v) is 0.572. The highest BCUT2D eigenvalue weighted by Gasteiger charge is 1.94. The molecular formula is C13H18O4. The van der Waals surface area contributed by atoms with Crippen LogP contribution < -0.4 is 0 Å². The van der Waals surface area contributed by atoms with E-state index in [0.717, 1.165) is 13.2 Å². The Hall–Kier alpha value is -1.81. The van der Waals surface area contributed by atoms with Gasteiger partial charge in [0.15, 0.2) is 0 Å². The van der Waals surface area contributed by atoms with E-state index in [2.05, 4.69) is 6.58 Å². The molecule has 0 unspecified atom stereocenters. The van der Waals surface area contributed by atoms with Crippen molar-refractivity contribution in [3.63, 3.8) is 0 Å². The molecule has 0 saturated carbocycles. The Kier molecular flexibility index (Phi) is 8.42. The number of carbonyl (C=O) groups is 1. The maximum absolute atomic E-state index is 9.60. The number of benzene rings is 1. The number of aliphatic carboxylic acids is 1. The monoisotopic (exact) mass is 238 g/mol. The molecule has 4 heteroatoms. The highest BCUT2D eigenvalue weighted by Crippen LogP contribution is 2.02. The van der Waals surface area contributed by atoms with Crippen LogP contribution >= 0.6 is 0 Å². The van der Waals surface area contributed by atoms with Crippen LogP contribution in [0.4, 0.5) is 0 Å². The van der Waals surface area contributed by atoms with Crippen molar-refractivity contribution in [2.75, 3.05) is 13.2 Å². The van der Waals surface area contributed by atoms with Crippen LogP contribution in [0.3, 0.4) is 0 Å². The number of rotatable bonds is 1. The lowest BCUT2D eigenvalue weighted by molar-refractivity contribution is -0.132. The van der Waals surface area contributed by atoms with Gasteiger partial charge in [-0.2, -0.15) is 0 Å². The van der Waals surface area contributed by atoms with Gasteiger partial charge in [-0.25, -0.2) is 4.79 Å². The van der Waals surface area contributed by atoms with Crippen molar-refractivity contribution in [2.24, 2.45) is 0 Å². The van der Waals surface area contributed by atoms with Crippen LogP contribution in [0, 0.1) is 0 Å². The molecule has 1 saturated heterocycles. The van der Waals surface area contributed by atoms with Crippen LogP contribution in [0.1, 0.15) is 13.3 Å². The summed E-state index contributed by atoms with van der Waals surface area (Å²) in [5.41, 5.74) is 0.176. The largest absolute Gasteiger partial charge is 0.508 e. The molecule has 0 amide bonds. The maximum atomic E-state index is 9.60. The molecule has 1 aromatic rings. The number of carboxylic acid groups (broad SMARTS) is 1. The molecule has 1 fully saturated rings. The summed E-state index contributed by atoms with van der Waals surface area (Å²) in [6.07, 6.45) is 1.28. The van der Waals surface area contributed by atoms with Gasteiger partial charge in [-0.1, -0.05) is 24.8 Å². The molecule has 0 aromatic heterocycles. The van der Waals surface area contributed by atoms with Crippen LogP contribution in [0.5, 0.6) is 5.75 Å². The van der Waals surface area contributed by atoms with Gasteiger partial charge in [0.25, 0.3) is 0 Å². The van der Waals surface area contributed by atoms with Gasteiger partial charge in [-0.05, 0) is 25.5 Å². The molecule has 0 spiro atoms. The van der Waals surface area contributed by atoms with Crippen molar-refractivity contribution in [3.8, 4) is 5.75 Å². The smallest absolute Gasteiger partial charge is 0.330 e. The van der Waals surface area contributed by atoms with Crippen molar-refractivity contribution >= 4 is 5.97 Å². The van der Waals surface area contributed by atoms with Crippen LogP contribution in [0.15, 0.2) is 42.5 Å². The molecule has 1 aliphatic rings. The van der Waals surface area contributed by atoms with E-state index in [-0.39, 0.29) is 5.57 Å². The Morgan fingerprint density at radius 2 is 1.65 bits per heavy atom. The van der Waals surface area contributed by atoms with Crippen LogP contribution in [-0.2, 0) is 9.53 Å². The van der Waals surface area contributed by atoms with Crippen LogP contribution in [-0.4, -0.2) is 29.4 Å². The van der Waals surface area contributed by atoms with E-state index in [1.54, 1.807) is 24.3 Å². The third-order valence-corrected chi connectivity index (χ3v) is 1.70. The predicted molar refractivity (Wildman–Crippen MR) is 66.0 cm³/mol. The van der Waals surface area contributed by atoms with E-state index in [9.17, 15) is 4.79 Å². The molecule has 1 aliphatic heterocycles. The predicted octanol–water partition coefficient (Wildman–Crippen LogP) is 2.45. The average Bonchev–Trinajstić information content (AvgIpc) is 2.16. The zero-order valence-corrected chi connectivity index (χ0v) is 9.93. The molecule has 2 N–H and O–H groups in total. The summed E-state index contributed by atoms with van der Waals surface area (Å²) in [6.45, 7) is 6.60. The minimum Gasteiger partial charge on any atom is -0.508 e. The standard InChI is InChI=1S/C6H6O.C4H6O2.C3H6O/c7-6-4-2-1-3-5-6;1-3(2)4(5)6;1-2-4-3-1/h1-5,7H;1H2,2H3,(H,5,6);1-3H2. The third kappa shape index (κ3) is 10.5. The van der Waals surface area contributed by atoms with Crippen molar-refractivity contribution in [1.82, 2.24) is 0 Å². The quantitative estimate of drug-likeness (QED) is 0.737. The van der Waals surface area contributed by atoms with Gasteiger partial charge in [-0.3, -0.25) is 0 Å². The average molecular weight is 238 g/mol. The molecule has 4 nitrogen and oxygen atoms in total. The number of phenols is 1. The van der Waals surface area contributed by atoms with Gasteiger partial charge in [0.05, 0.1) is 0 Å².